The fraction of sp³-hybridized carbons (Fsp3) is 0.0526. The Morgan fingerprint density at radius 3 is 1.97 bits per heavy atom. The molecule has 0 spiro atoms. The molecule has 0 N–H and O–H groups in total. The number of fused-ring (bicyclic) bond motifs is 8. The zero-order valence-electron chi connectivity index (χ0n) is 21.5. The van der Waals surface area contributed by atoms with Crippen LogP contribution in [0.1, 0.15) is 17.5 Å². The lowest BCUT2D eigenvalue weighted by Gasteiger charge is -2.11. The van der Waals surface area contributed by atoms with E-state index < -0.39 is 0 Å². The van der Waals surface area contributed by atoms with Gasteiger partial charge in [-0.05, 0) is 99.5 Å². The summed E-state index contributed by atoms with van der Waals surface area (Å²) in [5, 5.41) is 7.92. The van der Waals surface area contributed by atoms with Crippen molar-refractivity contribution in [3.63, 3.8) is 0 Å². The first kappa shape index (κ1) is 21.1. The van der Waals surface area contributed by atoms with Crippen LogP contribution < -0.4 is 0 Å². The van der Waals surface area contributed by atoms with Gasteiger partial charge in [0.25, 0.3) is 0 Å². The lowest BCUT2D eigenvalue weighted by molar-refractivity contribution is 0.988. The predicted molar refractivity (Wildman–Crippen MR) is 167 cm³/mol. The maximum Gasteiger partial charge on any atom is 0.0620 e. The molecule has 0 bridgehead atoms. The van der Waals surface area contributed by atoms with E-state index >= 15 is 0 Å². The van der Waals surface area contributed by atoms with E-state index in [1.807, 2.05) is 0 Å². The molecule has 0 aliphatic heterocycles. The molecule has 0 atom stereocenters. The molecule has 6 aromatic carbocycles. The predicted octanol–water partition coefficient (Wildman–Crippen LogP) is 10.3. The quantitative estimate of drug-likeness (QED) is 0.225. The highest BCUT2D eigenvalue weighted by atomic mass is 14.9. The summed E-state index contributed by atoms with van der Waals surface area (Å²) in [5.74, 6) is 0. The SMILES string of the molecule is C1=Cc2cc3c4cc(-c5cccc(-c6ccccc6)c5)cc5c6cc7ccccc7cc6n(c3cc2CC1)c45. The molecule has 1 heteroatoms. The molecule has 1 aliphatic carbocycles. The third-order valence-corrected chi connectivity index (χ3v) is 8.70. The fourth-order valence-electron chi connectivity index (χ4n) is 6.83. The summed E-state index contributed by atoms with van der Waals surface area (Å²) in [6.07, 6.45) is 6.85. The topological polar surface area (TPSA) is 4.41 Å². The molecular weight excluding hydrogens is 470 g/mol. The molecule has 2 heterocycles. The van der Waals surface area contributed by atoms with Crippen molar-refractivity contribution in [1.82, 2.24) is 4.40 Å². The first-order valence-corrected chi connectivity index (χ1v) is 13.8. The largest absolute Gasteiger partial charge is 0.308 e. The summed E-state index contributed by atoms with van der Waals surface area (Å²) in [6.45, 7) is 0. The van der Waals surface area contributed by atoms with Crippen molar-refractivity contribution in [2.24, 2.45) is 0 Å². The van der Waals surface area contributed by atoms with E-state index in [1.54, 1.807) is 0 Å². The summed E-state index contributed by atoms with van der Waals surface area (Å²) in [5.41, 5.74) is 11.8. The number of benzene rings is 6. The Labute approximate surface area is 226 Å². The molecule has 0 unspecified atom stereocenters. The summed E-state index contributed by atoms with van der Waals surface area (Å²) in [7, 11) is 0. The van der Waals surface area contributed by atoms with Crippen LogP contribution in [0.15, 0.2) is 121 Å². The number of aromatic nitrogens is 1. The van der Waals surface area contributed by atoms with Gasteiger partial charge >= 0.3 is 0 Å². The van der Waals surface area contributed by atoms with E-state index in [1.165, 1.54) is 82.2 Å². The average Bonchev–Trinajstić information content (AvgIpc) is 3.49. The van der Waals surface area contributed by atoms with Gasteiger partial charge in [-0.1, -0.05) is 84.9 Å². The molecular formula is C38H25N. The number of allylic oxidation sites excluding steroid dienone is 1. The van der Waals surface area contributed by atoms with Gasteiger partial charge < -0.3 is 4.40 Å². The van der Waals surface area contributed by atoms with Crippen molar-refractivity contribution < 1.29 is 0 Å². The molecule has 0 saturated carbocycles. The smallest absolute Gasteiger partial charge is 0.0620 e. The number of aryl methyl sites for hydroxylation is 1. The van der Waals surface area contributed by atoms with E-state index in [0.29, 0.717) is 0 Å². The molecule has 1 aliphatic rings. The Kier molecular flexibility index (Phi) is 4.23. The van der Waals surface area contributed by atoms with E-state index in [-0.39, 0.29) is 0 Å². The van der Waals surface area contributed by atoms with Crippen LogP contribution in [0.5, 0.6) is 0 Å². The number of nitrogens with zero attached hydrogens (tertiary/aromatic N) is 1. The Balaban J connectivity index is 1.42. The van der Waals surface area contributed by atoms with Gasteiger partial charge in [0, 0.05) is 21.5 Å². The first-order valence-electron chi connectivity index (χ1n) is 13.8. The van der Waals surface area contributed by atoms with Crippen molar-refractivity contribution in [1.29, 1.82) is 0 Å². The van der Waals surface area contributed by atoms with Gasteiger partial charge in [0.1, 0.15) is 0 Å². The Morgan fingerprint density at radius 1 is 0.487 bits per heavy atom. The highest BCUT2D eigenvalue weighted by Gasteiger charge is 2.21. The van der Waals surface area contributed by atoms with Gasteiger partial charge in [0.2, 0.25) is 0 Å². The second-order valence-corrected chi connectivity index (χ2v) is 10.9. The third-order valence-electron chi connectivity index (χ3n) is 8.70. The normalized spacial score (nSPS) is 13.3. The molecule has 2 aromatic heterocycles. The summed E-state index contributed by atoms with van der Waals surface area (Å²) < 4.78 is 2.53. The maximum absolute atomic E-state index is 2.53. The minimum Gasteiger partial charge on any atom is -0.308 e. The van der Waals surface area contributed by atoms with Crippen LogP contribution in [0, 0.1) is 0 Å². The monoisotopic (exact) mass is 495 g/mol. The lowest BCUT2D eigenvalue weighted by Crippen LogP contribution is -1.94. The van der Waals surface area contributed by atoms with Crippen LogP contribution in [0.3, 0.4) is 0 Å². The summed E-state index contributed by atoms with van der Waals surface area (Å²) in [4.78, 5) is 0. The molecule has 9 rings (SSSR count). The summed E-state index contributed by atoms with van der Waals surface area (Å²) >= 11 is 0. The average molecular weight is 496 g/mol. The lowest BCUT2D eigenvalue weighted by atomic mass is 9.93. The maximum atomic E-state index is 2.53. The van der Waals surface area contributed by atoms with Crippen molar-refractivity contribution in [3.8, 4) is 22.3 Å². The third kappa shape index (κ3) is 3.02. The summed E-state index contributed by atoms with van der Waals surface area (Å²) in [6, 6.07) is 42.9. The van der Waals surface area contributed by atoms with Crippen LogP contribution in [0.2, 0.25) is 0 Å². The molecule has 39 heavy (non-hydrogen) atoms. The van der Waals surface area contributed by atoms with E-state index in [0.717, 1.165) is 12.8 Å². The van der Waals surface area contributed by atoms with Gasteiger partial charge in [0.15, 0.2) is 0 Å². The Bertz CT molecular complexity index is 2260. The Morgan fingerprint density at radius 2 is 1.15 bits per heavy atom. The fourth-order valence-corrected chi connectivity index (χ4v) is 6.83. The zero-order chi connectivity index (χ0) is 25.5. The molecule has 0 radical (unpaired) electrons. The van der Waals surface area contributed by atoms with E-state index in [4.69, 9.17) is 0 Å². The van der Waals surface area contributed by atoms with E-state index in [2.05, 4.69) is 132 Å². The van der Waals surface area contributed by atoms with Gasteiger partial charge in [0.05, 0.1) is 16.6 Å². The second kappa shape index (κ2) is 7.82. The second-order valence-electron chi connectivity index (χ2n) is 10.9. The first-order chi connectivity index (χ1) is 19.3. The zero-order valence-corrected chi connectivity index (χ0v) is 21.5. The molecule has 0 amide bonds. The van der Waals surface area contributed by atoms with Crippen molar-refractivity contribution >= 4 is 54.9 Å². The van der Waals surface area contributed by atoms with Crippen LogP contribution in [0.4, 0.5) is 0 Å². The number of hydrogen-bond donors (Lipinski definition) is 0. The van der Waals surface area contributed by atoms with Crippen molar-refractivity contribution in [3.05, 3.63) is 132 Å². The van der Waals surface area contributed by atoms with Crippen LogP contribution in [-0.4, -0.2) is 4.40 Å². The Hall–Kier alpha value is -4.88. The van der Waals surface area contributed by atoms with Crippen LogP contribution in [0.25, 0.3) is 77.2 Å². The van der Waals surface area contributed by atoms with Crippen LogP contribution >= 0.6 is 0 Å². The molecule has 0 fully saturated rings. The molecule has 0 saturated heterocycles. The molecule has 1 nitrogen and oxygen atoms in total. The number of rotatable bonds is 2. The minimum absolute atomic E-state index is 1.11. The standard InChI is InChI=1S/C38H25N/c1-2-9-24(10-3-1)25-15-8-16-26(17-25)31-20-34-32-18-27-11-4-6-13-29(27)22-36(32)39-37-23-30-14-7-5-12-28(30)19-33(37)35(21-31)38(34)39/h1-6,8-13,15-23H,7,14H2. The highest BCUT2D eigenvalue weighted by Crippen LogP contribution is 2.44. The van der Waals surface area contributed by atoms with Gasteiger partial charge in [-0.2, -0.15) is 0 Å². The molecule has 182 valence electrons. The highest BCUT2D eigenvalue weighted by molar-refractivity contribution is 6.26. The van der Waals surface area contributed by atoms with Crippen molar-refractivity contribution in [2.75, 3.05) is 0 Å². The van der Waals surface area contributed by atoms with Gasteiger partial charge in [-0.15, -0.1) is 0 Å². The van der Waals surface area contributed by atoms with Gasteiger partial charge in [-0.25, -0.2) is 0 Å². The number of hydrogen-bond acceptors (Lipinski definition) is 0. The van der Waals surface area contributed by atoms with Gasteiger partial charge in [-0.3, -0.25) is 0 Å². The van der Waals surface area contributed by atoms with Crippen LogP contribution in [-0.2, 0) is 6.42 Å². The van der Waals surface area contributed by atoms with E-state index in [9.17, 15) is 0 Å². The minimum atomic E-state index is 1.11. The molecule has 8 aromatic rings. The van der Waals surface area contributed by atoms with Crippen molar-refractivity contribution in [2.45, 2.75) is 12.8 Å².